The molecule has 0 spiro atoms. The molecule has 1 aliphatic rings. The molecule has 1 aliphatic carbocycles. The van der Waals surface area contributed by atoms with E-state index in [2.05, 4.69) is 12.2 Å². The van der Waals surface area contributed by atoms with E-state index in [4.69, 9.17) is 0 Å². The first-order valence-corrected chi connectivity index (χ1v) is 5.88. The quantitative estimate of drug-likeness (QED) is 0.812. The van der Waals surface area contributed by atoms with Gasteiger partial charge < -0.3 is 5.32 Å². The molecule has 1 atom stereocenters. The van der Waals surface area contributed by atoms with E-state index in [1.165, 1.54) is 25.0 Å². The Labute approximate surface area is 94.9 Å². The van der Waals surface area contributed by atoms with Crippen LogP contribution in [0.25, 0.3) is 0 Å². The number of hydrogen-bond donors (Lipinski definition) is 1. The molecule has 1 aromatic carbocycles. The van der Waals surface area contributed by atoms with Crippen LogP contribution in [0.15, 0.2) is 18.2 Å². The topological polar surface area (TPSA) is 12.0 Å². The Hall–Kier alpha value is -0.960. The summed E-state index contributed by atoms with van der Waals surface area (Å²) in [7, 11) is 0. The van der Waals surface area contributed by atoms with Gasteiger partial charge in [-0.25, -0.2) is 8.78 Å². The number of likely N-dealkylation sites (N-methyl/N-ethyl adjacent to an activating group) is 1. The highest BCUT2D eigenvalue weighted by molar-refractivity contribution is 5.19. The molecule has 0 bridgehead atoms. The molecule has 1 unspecified atom stereocenters. The molecule has 88 valence electrons. The predicted molar refractivity (Wildman–Crippen MR) is 60.3 cm³/mol. The second-order valence-corrected chi connectivity index (χ2v) is 4.45. The van der Waals surface area contributed by atoms with Gasteiger partial charge in [0.25, 0.3) is 0 Å². The molecule has 3 heteroatoms. The minimum atomic E-state index is -0.768. The smallest absolute Gasteiger partial charge is 0.159 e. The van der Waals surface area contributed by atoms with Gasteiger partial charge in [-0.2, -0.15) is 0 Å². The molecule has 2 rings (SSSR count). The summed E-state index contributed by atoms with van der Waals surface area (Å²) in [6, 6.07) is 4.60. The van der Waals surface area contributed by atoms with Gasteiger partial charge in [0.05, 0.1) is 0 Å². The van der Waals surface area contributed by atoms with Gasteiger partial charge in [-0.05, 0) is 49.4 Å². The van der Waals surface area contributed by atoms with Crippen molar-refractivity contribution in [1.29, 1.82) is 0 Å². The fraction of sp³-hybridized carbons (Fsp3) is 0.538. The van der Waals surface area contributed by atoms with Gasteiger partial charge >= 0.3 is 0 Å². The minimum absolute atomic E-state index is 0.412. The third kappa shape index (κ3) is 2.79. The first-order chi connectivity index (χ1) is 7.70. The fourth-order valence-corrected chi connectivity index (χ4v) is 2.09. The van der Waals surface area contributed by atoms with Crippen molar-refractivity contribution in [3.8, 4) is 0 Å². The SMILES string of the molecule is CCNC(Cc1ccc(F)c(F)c1)C1CC1. The summed E-state index contributed by atoms with van der Waals surface area (Å²) < 4.78 is 25.8. The van der Waals surface area contributed by atoms with Crippen LogP contribution in [0.5, 0.6) is 0 Å². The van der Waals surface area contributed by atoms with Gasteiger partial charge in [0.2, 0.25) is 0 Å². The summed E-state index contributed by atoms with van der Waals surface area (Å²) in [4.78, 5) is 0. The Bertz CT molecular complexity index is 361. The number of benzene rings is 1. The Morgan fingerprint density at radius 3 is 2.62 bits per heavy atom. The van der Waals surface area contributed by atoms with Crippen molar-refractivity contribution < 1.29 is 8.78 Å². The van der Waals surface area contributed by atoms with E-state index in [1.807, 2.05) is 0 Å². The lowest BCUT2D eigenvalue weighted by molar-refractivity contribution is 0.467. The lowest BCUT2D eigenvalue weighted by Gasteiger charge is -2.17. The minimum Gasteiger partial charge on any atom is -0.314 e. The Balaban J connectivity index is 2.03. The van der Waals surface area contributed by atoms with E-state index in [1.54, 1.807) is 6.07 Å². The molecule has 0 radical (unpaired) electrons. The summed E-state index contributed by atoms with van der Waals surface area (Å²) in [6.45, 7) is 2.99. The average Bonchev–Trinajstić information content (AvgIpc) is 3.06. The van der Waals surface area contributed by atoms with Crippen LogP contribution in [-0.4, -0.2) is 12.6 Å². The maximum atomic E-state index is 13.0. The van der Waals surface area contributed by atoms with Crippen molar-refractivity contribution in [3.63, 3.8) is 0 Å². The van der Waals surface area contributed by atoms with Gasteiger partial charge in [-0.1, -0.05) is 13.0 Å². The number of nitrogens with one attached hydrogen (secondary N) is 1. The summed E-state index contributed by atoms with van der Waals surface area (Å²) in [5.74, 6) is -0.799. The van der Waals surface area contributed by atoms with Crippen LogP contribution in [-0.2, 0) is 6.42 Å². The lowest BCUT2D eigenvalue weighted by Crippen LogP contribution is -2.32. The summed E-state index contributed by atoms with van der Waals surface area (Å²) in [6.07, 6.45) is 3.29. The standard InChI is InChI=1S/C13H17F2N/c1-2-16-13(10-4-5-10)8-9-3-6-11(14)12(15)7-9/h3,6-7,10,13,16H,2,4-5,8H2,1H3. The zero-order chi connectivity index (χ0) is 11.5. The Morgan fingerprint density at radius 2 is 2.06 bits per heavy atom. The van der Waals surface area contributed by atoms with E-state index >= 15 is 0 Å². The van der Waals surface area contributed by atoms with E-state index in [0.717, 1.165) is 18.5 Å². The van der Waals surface area contributed by atoms with Crippen LogP contribution < -0.4 is 5.32 Å². The third-order valence-corrected chi connectivity index (χ3v) is 3.10. The van der Waals surface area contributed by atoms with E-state index < -0.39 is 11.6 Å². The molecule has 1 fully saturated rings. The third-order valence-electron chi connectivity index (χ3n) is 3.10. The van der Waals surface area contributed by atoms with E-state index in [9.17, 15) is 8.78 Å². The summed E-state index contributed by atoms with van der Waals surface area (Å²) >= 11 is 0. The molecular weight excluding hydrogens is 208 g/mol. The van der Waals surface area contributed by atoms with Gasteiger partial charge in [0, 0.05) is 6.04 Å². The maximum absolute atomic E-state index is 13.0. The van der Waals surface area contributed by atoms with Crippen molar-refractivity contribution in [1.82, 2.24) is 5.32 Å². The van der Waals surface area contributed by atoms with Crippen molar-refractivity contribution in [2.45, 2.75) is 32.2 Å². The number of hydrogen-bond acceptors (Lipinski definition) is 1. The molecule has 0 heterocycles. The molecule has 1 aromatic rings. The average molecular weight is 225 g/mol. The van der Waals surface area contributed by atoms with Crippen LogP contribution in [0.3, 0.4) is 0 Å². The molecule has 0 amide bonds. The molecule has 0 aromatic heterocycles. The van der Waals surface area contributed by atoms with Crippen molar-refractivity contribution in [2.24, 2.45) is 5.92 Å². The van der Waals surface area contributed by atoms with Gasteiger partial charge in [-0.3, -0.25) is 0 Å². The van der Waals surface area contributed by atoms with Crippen molar-refractivity contribution in [3.05, 3.63) is 35.4 Å². The maximum Gasteiger partial charge on any atom is 0.159 e. The Kier molecular flexibility index (Phi) is 3.54. The molecule has 0 aliphatic heterocycles. The lowest BCUT2D eigenvalue weighted by atomic mass is 10.0. The van der Waals surface area contributed by atoms with Crippen LogP contribution in [0.1, 0.15) is 25.3 Å². The number of rotatable bonds is 5. The molecule has 0 saturated heterocycles. The second-order valence-electron chi connectivity index (χ2n) is 4.45. The largest absolute Gasteiger partial charge is 0.314 e. The second kappa shape index (κ2) is 4.91. The zero-order valence-electron chi connectivity index (χ0n) is 9.47. The first-order valence-electron chi connectivity index (χ1n) is 5.88. The van der Waals surface area contributed by atoms with E-state index in [-0.39, 0.29) is 0 Å². The van der Waals surface area contributed by atoms with Crippen LogP contribution in [0.2, 0.25) is 0 Å². The highest BCUT2D eigenvalue weighted by Gasteiger charge is 2.30. The van der Waals surface area contributed by atoms with Gasteiger partial charge in [-0.15, -0.1) is 0 Å². The predicted octanol–water partition coefficient (Wildman–Crippen LogP) is 2.90. The van der Waals surface area contributed by atoms with Crippen molar-refractivity contribution >= 4 is 0 Å². The first kappa shape index (κ1) is 11.5. The zero-order valence-corrected chi connectivity index (χ0v) is 9.47. The van der Waals surface area contributed by atoms with Crippen LogP contribution in [0, 0.1) is 17.6 Å². The highest BCUT2D eigenvalue weighted by Crippen LogP contribution is 2.34. The summed E-state index contributed by atoms with van der Waals surface area (Å²) in [5, 5.41) is 3.41. The summed E-state index contributed by atoms with van der Waals surface area (Å²) in [5.41, 5.74) is 0.872. The van der Waals surface area contributed by atoms with Gasteiger partial charge in [0.1, 0.15) is 0 Å². The number of halogens is 2. The normalized spacial score (nSPS) is 17.4. The molecule has 1 saturated carbocycles. The van der Waals surface area contributed by atoms with Crippen molar-refractivity contribution in [2.75, 3.05) is 6.54 Å². The molecule has 1 nitrogen and oxygen atoms in total. The monoisotopic (exact) mass is 225 g/mol. The van der Waals surface area contributed by atoms with E-state index in [0.29, 0.717) is 12.0 Å². The fourth-order valence-electron chi connectivity index (χ4n) is 2.09. The molecular formula is C13H17F2N. The molecule has 1 N–H and O–H groups in total. The van der Waals surface area contributed by atoms with Crippen LogP contribution >= 0.6 is 0 Å². The highest BCUT2D eigenvalue weighted by atomic mass is 19.2. The molecule has 16 heavy (non-hydrogen) atoms. The van der Waals surface area contributed by atoms with Gasteiger partial charge in [0.15, 0.2) is 11.6 Å². The Morgan fingerprint density at radius 1 is 1.31 bits per heavy atom. The van der Waals surface area contributed by atoms with Crippen LogP contribution in [0.4, 0.5) is 8.78 Å².